The van der Waals surface area contributed by atoms with E-state index in [4.69, 9.17) is 4.74 Å². The van der Waals surface area contributed by atoms with Crippen LogP contribution >= 0.6 is 0 Å². The highest BCUT2D eigenvalue weighted by Crippen LogP contribution is 2.12. The van der Waals surface area contributed by atoms with Gasteiger partial charge < -0.3 is 15.4 Å². The predicted octanol–water partition coefficient (Wildman–Crippen LogP) is 1.55. The molecular weight excluding hydrogens is 264 g/mol. The Hall–Kier alpha value is -0.810. The average molecular weight is 298 g/mol. The molecule has 124 valence electrons. The summed E-state index contributed by atoms with van der Waals surface area (Å²) in [6.07, 6.45) is 0. The van der Waals surface area contributed by atoms with Crippen molar-refractivity contribution in [2.24, 2.45) is 16.8 Å². The molecular formula is C16H34N4O. The van der Waals surface area contributed by atoms with Gasteiger partial charge in [0.15, 0.2) is 5.96 Å². The number of aliphatic imine (C=N–C) groups is 1. The Labute approximate surface area is 130 Å². The number of nitrogens with zero attached hydrogens (tertiary/aromatic N) is 2. The van der Waals surface area contributed by atoms with Gasteiger partial charge in [0.2, 0.25) is 0 Å². The summed E-state index contributed by atoms with van der Waals surface area (Å²) in [6.45, 7) is 17.5. The maximum absolute atomic E-state index is 5.46. The third kappa shape index (κ3) is 7.14. The first-order valence-corrected chi connectivity index (χ1v) is 8.38. The number of hydrogen-bond donors (Lipinski definition) is 2. The zero-order valence-corrected chi connectivity index (χ0v) is 14.5. The second-order valence-corrected chi connectivity index (χ2v) is 6.45. The highest BCUT2D eigenvalue weighted by atomic mass is 16.5. The molecule has 1 atom stereocenters. The SMILES string of the molecule is CCNC(=NCC(C)C)NCC(C(C)C)N1CCOCC1. The van der Waals surface area contributed by atoms with Crippen molar-refractivity contribution >= 4 is 5.96 Å². The predicted molar refractivity (Wildman–Crippen MR) is 89.8 cm³/mol. The van der Waals surface area contributed by atoms with Gasteiger partial charge in [0, 0.05) is 38.8 Å². The molecule has 1 aliphatic heterocycles. The third-order valence-corrected chi connectivity index (χ3v) is 3.72. The van der Waals surface area contributed by atoms with Crippen LogP contribution in [0.3, 0.4) is 0 Å². The molecule has 5 nitrogen and oxygen atoms in total. The van der Waals surface area contributed by atoms with E-state index in [1.165, 1.54) is 0 Å². The van der Waals surface area contributed by atoms with Gasteiger partial charge in [-0.1, -0.05) is 27.7 Å². The number of ether oxygens (including phenoxy) is 1. The van der Waals surface area contributed by atoms with Crippen LogP contribution in [-0.2, 0) is 4.74 Å². The van der Waals surface area contributed by atoms with Gasteiger partial charge in [0.05, 0.1) is 13.2 Å². The molecule has 0 radical (unpaired) electrons. The van der Waals surface area contributed by atoms with Crippen molar-refractivity contribution in [3.63, 3.8) is 0 Å². The van der Waals surface area contributed by atoms with E-state index in [1.54, 1.807) is 0 Å². The molecule has 1 heterocycles. The fourth-order valence-electron chi connectivity index (χ4n) is 2.51. The van der Waals surface area contributed by atoms with Crippen LogP contribution in [0.2, 0.25) is 0 Å². The molecule has 2 N–H and O–H groups in total. The molecule has 5 heteroatoms. The zero-order chi connectivity index (χ0) is 15.7. The molecule has 1 aliphatic rings. The maximum Gasteiger partial charge on any atom is 0.191 e. The molecule has 1 rings (SSSR count). The summed E-state index contributed by atoms with van der Waals surface area (Å²) < 4.78 is 5.46. The van der Waals surface area contributed by atoms with Crippen LogP contribution in [0.5, 0.6) is 0 Å². The van der Waals surface area contributed by atoms with Gasteiger partial charge >= 0.3 is 0 Å². The fourth-order valence-corrected chi connectivity index (χ4v) is 2.51. The Bertz CT molecular complexity index is 299. The molecule has 21 heavy (non-hydrogen) atoms. The lowest BCUT2D eigenvalue weighted by Crippen LogP contribution is -2.52. The van der Waals surface area contributed by atoms with Gasteiger partial charge in [-0.15, -0.1) is 0 Å². The number of morpholine rings is 1. The Balaban J connectivity index is 2.54. The monoisotopic (exact) mass is 298 g/mol. The summed E-state index contributed by atoms with van der Waals surface area (Å²) >= 11 is 0. The summed E-state index contributed by atoms with van der Waals surface area (Å²) in [5.41, 5.74) is 0. The molecule has 0 aromatic heterocycles. The Kier molecular flexibility index (Phi) is 8.69. The van der Waals surface area contributed by atoms with Crippen molar-refractivity contribution in [2.75, 3.05) is 45.9 Å². The van der Waals surface area contributed by atoms with Crippen LogP contribution in [0.15, 0.2) is 4.99 Å². The fraction of sp³-hybridized carbons (Fsp3) is 0.938. The molecule has 0 bridgehead atoms. The van der Waals surface area contributed by atoms with Crippen LogP contribution in [-0.4, -0.2) is 62.8 Å². The topological polar surface area (TPSA) is 48.9 Å². The summed E-state index contributed by atoms with van der Waals surface area (Å²) in [4.78, 5) is 7.18. The van der Waals surface area contributed by atoms with E-state index >= 15 is 0 Å². The van der Waals surface area contributed by atoms with Crippen molar-refractivity contribution in [2.45, 2.75) is 40.7 Å². The number of hydrogen-bond acceptors (Lipinski definition) is 3. The maximum atomic E-state index is 5.46. The first-order chi connectivity index (χ1) is 10.0. The lowest BCUT2D eigenvalue weighted by molar-refractivity contribution is 0.00752. The molecule has 1 saturated heterocycles. The molecule has 0 spiro atoms. The van der Waals surface area contributed by atoms with Crippen LogP contribution in [0.1, 0.15) is 34.6 Å². The number of nitrogens with one attached hydrogen (secondary N) is 2. The van der Waals surface area contributed by atoms with E-state index in [-0.39, 0.29) is 0 Å². The summed E-state index contributed by atoms with van der Waals surface area (Å²) in [5.74, 6) is 2.13. The highest BCUT2D eigenvalue weighted by molar-refractivity contribution is 5.79. The van der Waals surface area contributed by atoms with E-state index in [0.717, 1.165) is 51.9 Å². The Morgan fingerprint density at radius 2 is 1.81 bits per heavy atom. The highest BCUT2D eigenvalue weighted by Gasteiger charge is 2.23. The summed E-state index contributed by atoms with van der Waals surface area (Å²) in [7, 11) is 0. The van der Waals surface area contributed by atoms with E-state index in [9.17, 15) is 0 Å². The lowest BCUT2D eigenvalue weighted by atomic mass is 10.0. The minimum Gasteiger partial charge on any atom is -0.379 e. The van der Waals surface area contributed by atoms with E-state index in [1.807, 2.05) is 0 Å². The molecule has 0 saturated carbocycles. The smallest absolute Gasteiger partial charge is 0.191 e. The Morgan fingerprint density at radius 1 is 1.14 bits per heavy atom. The first kappa shape index (κ1) is 18.2. The third-order valence-electron chi connectivity index (χ3n) is 3.72. The van der Waals surface area contributed by atoms with Gasteiger partial charge in [0.25, 0.3) is 0 Å². The molecule has 0 amide bonds. The molecule has 0 aliphatic carbocycles. The standard InChI is InChI=1S/C16H34N4O/c1-6-17-16(18-11-13(2)3)19-12-15(14(4)5)20-7-9-21-10-8-20/h13-15H,6-12H2,1-5H3,(H2,17,18,19). The number of rotatable bonds is 7. The van der Waals surface area contributed by atoms with Crippen molar-refractivity contribution in [3.8, 4) is 0 Å². The van der Waals surface area contributed by atoms with Crippen molar-refractivity contribution in [3.05, 3.63) is 0 Å². The largest absolute Gasteiger partial charge is 0.379 e. The van der Waals surface area contributed by atoms with E-state index in [2.05, 4.69) is 55.1 Å². The number of guanidine groups is 1. The molecule has 0 aromatic rings. The van der Waals surface area contributed by atoms with Crippen LogP contribution < -0.4 is 10.6 Å². The molecule has 1 fully saturated rings. The Morgan fingerprint density at radius 3 is 2.33 bits per heavy atom. The zero-order valence-electron chi connectivity index (χ0n) is 14.5. The van der Waals surface area contributed by atoms with Gasteiger partial charge in [0.1, 0.15) is 0 Å². The van der Waals surface area contributed by atoms with E-state index in [0.29, 0.717) is 17.9 Å². The lowest BCUT2D eigenvalue weighted by Gasteiger charge is -2.37. The second-order valence-electron chi connectivity index (χ2n) is 6.45. The first-order valence-electron chi connectivity index (χ1n) is 8.38. The van der Waals surface area contributed by atoms with Crippen molar-refractivity contribution < 1.29 is 4.74 Å². The van der Waals surface area contributed by atoms with Gasteiger partial charge in [-0.3, -0.25) is 9.89 Å². The van der Waals surface area contributed by atoms with Crippen molar-refractivity contribution in [1.29, 1.82) is 0 Å². The van der Waals surface area contributed by atoms with E-state index < -0.39 is 0 Å². The van der Waals surface area contributed by atoms with Gasteiger partial charge in [-0.2, -0.15) is 0 Å². The molecule has 0 aromatic carbocycles. The second kappa shape index (κ2) is 10.0. The average Bonchev–Trinajstić information content (AvgIpc) is 2.45. The normalized spacial score (nSPS) is 19.1. The van der Waals surface area contributed by atoms with Crippen molar-refractivity contribution in [1.82, 2.24) is 15.5 Å². The summed E-state index contributed by atoms with van der Waals surface area (Å²) in [5, 5.41) is 6.84. The van der Waals surface area contributed by atoms with Gasteiger partial charge in [-0.05, 0) is 18.8 Å². The minimum atomic E-state index is 0.525. The van der Waals surface area contributed by atoms with Crippen LogP contribution in [0.25, 0.3) is 0 Å². The minimum absolute atomic E-state index is 0.525. The quantitative estimate of drug-likeness (QED) is 0.553. The molecule has 1 unspecified atom stereocenters. The van der Waals surface area contributed by atoms with Crippen LogP contribution in [0, 0.1) is 11.8 Å². The van der Waals surface area contributed by atoms with Gasteiger partial charge in [-0.25, -0.2) is 0 Å². The summed E-state index contributed by atoms with van der Waals surface area (Å²) in [6, 6.07) is 0.525. The van der Waals surface area contributed by atoms with Crippen LogP contribution in [0.4, 0.5) is 0 Å².